The summed E-state index contributed by atoms with van der Waals surface area (Å²) in [6, 6.07) is 6.14. The van der Waals surface area contributed by atoms with E-state index in [-0.39, 0.29) is 33.0 Å². The first-order valence-corrected chi connectivity index (χ1v) is 7.70. The molecule has 0 bridgehead atoms. The predicted molar refractivity (Wildman–Crippen MR) is 90.4 cm³/mol. The lowest BCUT2D eigenvalue weighted by Gasteiger charge is -2.15. The van der Waals surface area contributed by atoms with Crippen LogP contribution in [0.3, 0.4) is 0 Å². The fourth-order valence-corrected chi connectivity index (χ4v) is 2.72. The molecule has 2 aromatic rings. The number of carbonyl (C=O) groups is 1. The average molecular weight is 355 g/mol. The molecule has 2 rings (SSSR count). The van der Waals surface area contributed by atoms with E-state index in [1.54, 1.807) is 19.1 Å². The van der Waals surface area contributed by atoms with E-state index < -0.39 is 5.97 Å². The first kappa shape index (κ1) is 17.4. The first-order valence-electron chi connectivity index (χ1n) is 6.95. The van der Waals surface area contributed by atoms with E-state index in [2.05, 4.69) is 0 Å². The quantitative estimate of drug-likeness (QED) is 0.747. The third kappa shape index (κ3) is 3.54. The number of aromatic hydroxyl groups is 1. The standard InChI is InChI=1S/C17H16Cl2O4/c1-8(2)11-6-10(4-5-14(11)20)23-16-13(18)7-12(17(21)22)9(3)15(16)19/h4-8,20H,1-3H3,(H,21,22). The van der Waals surface area contributed by atoms with Gasteiger partial charge in [0.1, 0.15) is 11.5 Å². The molecule has 0 spiro atoms. The smallest absolute Gasteiger partial charge is 0.336 e. The Balaban J connectivity index is 2.47. The van der Waals surface area contributed by atoms with Crippen molar-refractivity contribution in [1.29, 1.82) is 0 Å². The second kappa shape index (κ2) is 6.69. The number of hydrogen-bond acceptors (Lipinski definition) is 3. The Morgan fingerprint density at radius 2 is 1.87 bits per heavy atom. The molecule has 0 amide bonds. The van der Waals surface area contributed by atoms with Crippen molar-refractivity contribution in [1.82, 2.24) is 0 Å². The zero-order valence-corrected chi connectivity index (χ0v) is 14.4. The van der Waals surface area contributed by atoms with E-state index >= 15 is 0 Å². The summed E-state index contributed by atoms with van der Waals surface area (Å²) in [7, 11) is 0. The molecule has 0 fully saturated rings. The molecule has 122 valence electrons. The normalized spacial score (nSPS) is 10.9. The van der Waals surface area contributed by atoms with Crippen molar-refractivity contribution in [2.24, 2.45) is 0 Å². The van der Waals surface area contributed by atoms with Gasteiger partial charge in [-0.05, 0) is 42.7 Å². The molecule has 0 heterocycles. The van der Waals surface area contributed by atoms with Gasteiger partial charge in [-0.15, -0.1) is 0 Å². The number of carboxylic acid groups (broad SMARTS) is 1. The molecule has 0 aliphatic rings. The fraction of sp³-hybridized carbons (Fsp3) is 0.235. The van der Waals surface area contributed by atoms with Gasteiger partial charge >= 0.3 is 5.97 Å². The number of rotatable bonds is 4. The number of phenolic OH excluding ortho intramolecular Hbond substituents is 1. The Bertz CT molecular complexity index is 770. The van der Waals surface area contributed by atoms with E-state index in [4.69, 9.17) is 33.0 Å². The zero-order valence-electron chi connectivity index (χ0n) is 12.9. The maximum atomic E-state index is 11.2. The Kier molecular flexibility index (Phi) is 5.07. The topological polar surface area (TPSA) is 66.8 Å². The molecule has 0 radical (unpaired) electrons. The highest BCUT2D eigenvalue weighted by Gasteiger charge is 2.19. The van der Waals surface area contributed by atoms with Gasteiger partial charge in [-0.1, -0.05) is 37.0 Å². The Hall–Kier alpha value is -1.91. The highest BCUT2D eigenvalue weighted by atomic mass is 35.5. The number of phenols is 1. The third-order valence-electron chi connectivity index (χ3n) is 3.49. The lowest BCUT2D eigenvalue weighted by molar-refractivity contribution is 0.0696. The van der Waals surface area contributed by atoms with Crippen LogP contribution in [-0.4, -0.2) is 16.2 Å². The van der Waals surface area contributed by atoms with Crippen LogP contribution < -0.4 is 4.74 Å². The van der Waals surface area contributed by atoms with Gasteiger partial charge in [-0.2, -0.15) is 0 Å². The molecule has 0 aromatic heterocycles. The predicted octanol–water partition coefficient (Wildman–Crippen LogP) is 5.62. The van der Waals surface area contributed by atoms with Gasteiger partial charge in [0.2, 0.25) is 0 Å². The van der Waals surface area contributed by atoms with E-state index in [9.17, 15) is 9.90 Å². The summed E-state index contributed by atoms with van der Waals surface area (Å²) in [6.07, 6.45) is 0. The van der Waals surface area contributed by atoms with Crippen LogP contribution >= 0.6 is 23.2 Å². The van der Waals surface area contributed by atoms with Crippen LogP contribution in [0, 0.1) is 6.92 Å². The lowest BCUT2D eigenvalue weighted by Crippen LogP contribution is -2.02. The monoisotopic (exact) mass is 354 g/mol. The van der Waals surface area contributed by atoms with E-state index in [0.29, 0.717) is 11.3 Å². The van der Waals surface area contributed by atoms with Gasteiger partial charge in [0, 0.05) is 5.56 Å². The van der Waals surface area contributed by atoms with Gasteiger partial charge in [-0.25, -0.2) is 4.79 Å². The maximum absolute atomic E-state index is 11.2. The van der Waals surface area contributed by atoms with Crippen molar-refractivity contribution >= 4 is 29.2 Å². The number of aromatic carboxylic acids is 1. The van der Waals surface area contributed by atoms with Crippen molar-refractivity contribution in [3.8, 4) is 17.2 Å². The molecule has 0 aliphatic heterocycles. The first-order chi connectivity index (χ1) is 10.7. The summed E-state index contributed by atoms with van der Waals surface area (Å²) in [5, 5.41) is 19.2. The summed E-state index contributed by atoms with van der Waals surface area (Å²) in [5.74, 6) is -0.166. The zero-order chi connectivity index (χ0) is 17.3. The van der Waals surface area contributed by atoms with Crippen molar-refractivity contribution in [3.05, 3.63) is 51.0 Å². The van der Waals surface area contributed by atoms with Gasteiger partial charge in [-0.3, -0.25) is 0 Å². The minimum absolute atomic E-state index is 0.0286. The summed E-state index contributed by atoms with van der Waals surface area (Å²) in [5.41, 5.74) is 1.14. The van der Waals surface area contributed by atoms with Crippen LogP contribution in [0.15, 0.2) is 24.3 Å². The summed E-state index contributed by atoms with van der Waals surface area (Å²) in [6.45, 7) is 5.49. The second-order valence-corrected chi connectivity index (χ2v) is 6.24. The molecule has 0 atom stereocenters. The second-order valence-electron chi connectivity index (χ2n) is 5.46. The highest BCUT2D eigenvalue weighted by Crippen LogP contribution is 2.41. The van der Waals surface area contributed by atoms with Crippen molar-refractivity contribution < 1.29 is 19.7 Å². The molecule has 6 heteroatoms. The fourth-order valence-electron chi connectivity index (χ4n) is 2.19. The molecular formula is C17H16Cl2O4. The Labute approximate surface area is 144 Å². The van der Waals surface area contributed by atoms with Crippen LogP contribution in [0.25, 0.3) is 0 Å². The maximum Gasteiger partial charge on any atom is 0.336 e. The Morgan fingerprint density at radius 3 is 2.43 bits per heavy atom. The Morgan fingerprint density at radius 1 is 1.22 bits per heavy atom. The van der Waals surface area contributed by atoms with E-state index in [1.165, 1.54) is 12.1 Å². The van der Waals surface area contributed by atoms with Crippen molar-refractivity contribution in [3.63, 3.8) is 0 Å². The molecule has 0 unspecified atom stereocenters. The molecule has 2 N–H and O–H groups in total. The average Bonchev–Trinajstić information content (AvgIpc) is 2.48. The number of ether oxygens (including phenoxy) is 1. The summed E-state index contributed by atoms with van der Waals surface area (Å²) in [4.78, 5) is 11.2. The SMILES string of the molecule is Cc1c(C(=O)O)cc(Cl)c(Oc2ccc(O)c(C(C)C)c2)c1Cl. The summed E-state index contributed by atoms with van der Waals surface area (Å²) >= 11 is 12.3. The molecule has 23 heavy (non-hydrogen) atoms. The largest absolute Gasteiger partial charge is 0.508 e. The molecule has 4 nitrogen and oxygen atoms in total. The lowest BCUT2D eigenvalue weighted by atomic mass is 10.0. The van der Waals surface area contributed by atoms with Crippen LogP contribution in [0.4, 0.5) is 0 Å². The number of carboxylic acids is 1. The number of halogens is 2. The van der Waals surface area contributed by atoms with Crippen LogP contribution in [0.1, 0.15) is 41.3 Å². The van der Waals surface area contributed by atoms with E-state index in [1.807, 2.05) is 13.8 Å². The molecular weight excluding hydrogens is 339 g/mol. The van der Waals surface area contributed by atoms with Gasteiger partial charge in [0.25, 0.3) is 0 Å². The van der Waals surface area contributed by atoms with Gasteiger partial charge in [0.05, 0.1) is 15.6 Å². The van der Waals surface area contributed by atoms with E-state index in [0.717, 1.165) is 5.56 Å². The molecule has 2 aromatic carbocycles. The van der Waals surface area contributed by atoms with Gasteiger partial charge in [0.15, 0.2) is 5.75 Å². The van der Waals surface area contributed by atoms with Crippen LogP contribution in [0.5, 0.6) is 17.2 Å². The van der Waals surface area contributed by atoms with Crippen LogP contribution in [-0.2, 0) is 0 Å². The van der Waals surface area contributed by atoms with Crippen molar-refractivity contribution in [2.75, 3.05) is 0 Å². The summed E-state index contributed by atoms with van der Waals surface area (Å²) < 4.78 is 5.73. The molecule has 0 saturated carbocycles. The highest BCUT2D eigenvalue weighted by molar-refractivity contribution is 6.38. The van der Waals surface area contributed by atoms with Gasteiger partial charge < -0.3 is 14.9 Å². The molecule has 0 saturated heterocycles. The minimum atomic E-state index is -1.11. The van der Waals surface area contributed by atoms with Crippen LogP contribution in [0.2, 0.25) is 10.0 Å². The third-order valence-corrected chi connectivity index (χ3v) is 4.23. The molecule has 0 aliphatic carbocycles. The number of benzene rings is 2. The van der Waals surface area contributed by atoms with Crippen molar-refractivity contribution in [2.45, 2.75) is 26.7 Å². The number of hydrogen-bond donors (Lipinski definition) is 2. The minimum Gasteiger partial charge on any atom is -0.508 e.